The van der Waals surface area contributed by atoms with E-state index >= 15 is 0 Å². The summed E-state index contributed by atoms with van der Waals surface area (Å²) in [5.41, 5.74) is 2.23. The van der Waals surface area contributed by atoms with E-state index in [1.807, 2.05) is 44.2 Å². The third kappa shape index (κ3) is 4.73. The molecule has 7 nitrogen and oxygen atoms in total. The van der Waals surface area contributed by atoms with Crippen LogP contribution in [0.25, 0.3) is 22.8 Å². The van der Waals surface area contributed by atoms with Gasteiger partial charge in [0.05, 0.1) is 0 Å². The number of anilines is 2. The Morgan fingerprint density at radius 1 is 0.844 bits per heavy atom. The summed E-state index contributed by atoms with van der Waals surface area (Å²) >= 11 is 0. The Bertz CT molecular complexity index is 1220. The van der Waals surface area contributed by atoms with Crippen LogP contribution < -0.4 is 10.6 Å². The summed E-state index contributed by atoms with van der Waals surface area (Å²) in [6.45, 7) is 3.66. The molecule has 0 saturated carbocycles. The highest BCUT2D eigenvalue weighted by molar-refractivity contribution is 6.06. The van der Waals surface area contributed by atoms with E-state index in [0.717, 1.165) is 5.56 Å². The van der Waals surface area contributed by atoms with E-state index in [9.17, 15) is 9.59 Å². The number of pyridine rings is 1. The van der Waals surface area contributed by atoms with Crippen LogP contribution in [0.5, 0.6) is 0 Å². The molecule has 0 aliphatic heterocycles. The normalized spacial score (nSPS) is 10.7. The lowest BCUT2D eigenvalue weighted by Crippen LogP contribution is -2.17. The van der Waals surface area contributed by atoms with E-state index in [1.54, 1.807) is 48.7 Å². The van der Waals surface area contributed by atoms with Gasteiger partial charge in [-0.3, -0.25) is 9.59 Å². The molecule has 0 atom stereocenters. The first-order valence-electron chi connectivity index (χ1n) is 10.2. The monoisotopic (exact) mass is 426 g/mol. The second-order valence-electron chi connectivity index (χ2n) is 7.45. The van der Waals surface area contributed by atoms with Gasteiger partial charge in [-0.25, -0.2) is 9.97 Å². The highest BCUT2D eigenvalue weighted by Crippen LogP contribution is 2.31. The molecule has 0 fully saturated rings. The number of hydrogen-bond acceptors (Lipinski definition) is 5. The van der Waals surface area contributed by atoms with Crippen LogP contribution in [-0.2, 0) is 4.79 Å². The Morgan fingerprint density at radius 2 is 1.56 bits per heavy atom. The van der Waals surface area contributed by atoms with Gasteiger partial charge in [0.25, 0.3) is 5.91 Å². The number of oxazole rings is 1. The number of benzene rings is 2. The average molecular weight is 426 g/mol. The molecule has 0 radical (unpaired) electrons. The Balaban J connectivity index is 1.69. The van der Waals surface area contributed by atoms with E-state index in [-0.39, 0.29) is 17.5 Å². The van der Waals surface area contributed by atoms with E-state index in [4.69, 9.17) is 4.42 Å². The average Bonchev–Trinajstić information content (AvgIpc) is 3.26. The minimum absolute atomic E-state index is 0.0702. The maximum absolute atomic E-state index is 13.0. The van der Waals surface area contributed by atoms with Crippen LogP contribution in [0.1, 0.15) is 24.3 Å². The summed E-state index contributed by atoms with van der Waals surface area (Å²) < 4.78 is 6.03. The molecule has 0 unspecified atom stereocenters. The van der Waals surface area contributed by atoms with Crippen molar-refractivity contribution in [1.82, 2.24) is 9.97 Å². The fourth-order valence-corrected chi connectivity index (χ4v) is 2.98. The number of aromatic nitrogens is 2. The molecule has 2 aromatic carbocycles. The van der Waals surface area contributed by atoms with Crippen molar-refractivity contribution >= 4 is 23.3 Å². The Labute approximate surface area is 185 Å². The second kappa shape index (κ2) is 9.26. The molecule has 0 aliphatic rings. The lowest BCUT2D eigenvalue weighted by molar-refractivity contribution is -0.118. The zero-order valence-corrected chi connectivity index (χ0v) is 17.7. The second-order valence-corrected chi connectivity index (χ2v) is 7.45. The molecule has 2 heterocycles. The van der Waals surface area contributed by atoms with Crippen LogP contribution in [0.2, 0.25) is 0 Å². The van der Waals surface area contributed by atoms with Gasteiger partial charge in [0.2, 0.25) is 11.8 Å². The topological polar surface area (TPSA) is 97.1 Å². The van der Waals surface area contributed by atoms with Crippen molar-refractivity contribution in [2.75, 3.05) is 10.6 Å². The number of nitrogens with zero attached hydrogens (tertiary/aromatic N) is 2. The van der Waals surface area contributed by atoms with Crippen molar-refractivity contribution in [3.05, 3.63) is 84.7 Å². The van der Waals surface area contributed by atoms with Crippen LogP contribution in [0.3, 0.4) is 0 Å². The van der Waals surface area contributed by atoms with Crippen molar-refractivity contribution in [2.45, 2.75) is 13.8 Å². The van der Waals surface area contributed by atoms with Crippen molar-refractivity contribution in [3.8, 4) is 22.8 Å². The van der Waals surface area contributed by atoms with Crippen LogP contribution >= 0.6 is 0 Å². The molecular weight excluding hydrogens is 404 g/mol. The molecular formula is C25H22N4O3. The molecule has 0 spiro atoms. The Kier molecular flexibility index (Phi) is 6.07. The molecule has 160 valence electrons. The highest BCUT2D eigenvalue weighted by atomic mass is 16.4. The molecule has 32 heavy (non-hydrogen) atoms. The van der Waals surface area contributed by atoms with Gasteiger partial charge in [-0.05, 0) is 48.5 Å². The van der Waals surface area contributed by atoms with Gasteiger partial charge in [0, 0.05) is 28.9 Å². The van der Waals surface area contributed by atoms with E-state index in [0.29, 0.717) is 28.7 Å². The maximum atomic E-state index is 13.0. The fraction of sp³-hybridized carbons (Fsp3) is 0.120. The largest absolute Gasteiger partial charge is 0.435 e. The van der Waals surface area contributed by atoms with Crippen molar-refractivity contribution in [3.63, 3.8) is 0 Å². The van der Waals surface area contributed by atoms with Crippen molar-refractivity contribution in [1.29, 1.82) is 0 Å². The van der Waals surface area contributed by atoms with Crippen molar-refractivity contribution < 1.29 is 14.0 Å². The number of rotatable bonds is 6. The Morgan fingerprint density at radius 3 is 2.22 bits per heavy atom. The van der Waals surface area contributed by atoms with Gasteiger partial charge >= 0.3 is 0 Å². The fourth-order valence-electron chi connectivity index (χ4n) is 2.98. The molecule has 4 aromatic rings. The summed E-state index contributed by atoms with van der Waals surface area (Å²) in [5, 5.41) is 5.60. The van der Waals surface area contributed by atoms with Gasteiger partial charge in [0.15, 0.2) is 11.5 Å². The third-order valence-electron chi connectivity index (χ3n) is 4.71. The van der Waals surface area contributed by atoms with Crippen LogP contribution in [0.15, 0.2) is 83.4 Å². The number of amides is 2. The summed E-state index contributed by atoms with van der Waals surface area (Å²) in [7, 11) is 0. The Hall–Kier alpha value is -4.26. The summed E-state index contributed by atoms with van der Waals surface area (Å²) in [6.07, 6.45) is 1.60. The van der Waals surface area contributed by atoms with E-state index in [2.05, 4.69) is 20.6 Å². The van der Waals surface area contributed by atoms with Crippen LogP contribution in [-0.4, -0.2) is 21.8 Å². The predicted molar refractivity (Wildman–Crippen MR) is 123 cm³/mol. The SMILES string of the molecule is CC(C)C(=O)Nc1ccc(-c2oc(-c3ccccc3)nc2C(=O)Nc2ccccn2)cc1. The van der Waals surface area contributed by atoms with Gasteiger partial charge < -0.3 is 15.1 Å². The third-order valence-corrected chi connectivity index (χ3v) is 4.71. The molecule has 4 rings (SSSR count). The van der Waals surface area contributed by atoms with Gasteiger partial charge in [-0.1, -0.05) is 38.1 Å². The lowest BCUT2D eigenvalue weighted by atomic mass is 10.1. The first kappa shape index (κ1) is 21.0. The zero-order chi connectivity index (χ0) is 22.5. The van der Waals surface area contributed by atoms with E-state index < -0.39 is 5.91 Å². The van der Waals surface area contributed by atoms with Crippen LogP contribution in [0.4, 0.5) is 11.5 Å². The molecule has 2 N–H and O–H groups in total. The van der Waals surface area contributed by atoms with Crippen LogP contribution in [0, 0.1) is 5.92 Å². The minimum atomic E-state index is -0.429. The maximum Gasteiger partial charge on any atom is 0.279 e. The smallest absolute Gasteiger partial charge is 0.279 e. The minimum Gasteiger partial charge on any atom is -0.435 e. The van der Waals surface area contributed by atoms with Gasteiger partial charge in [0.1, 0.15) is 5.82 Å². The van der Waals surface area contributed by atoms with Gasteiger partial charge in [-0.15, -0.1) is 0 Å². The molecule has 0 bridgehead atoms. The summed E-state index contributed by atoms with van der Waals surface area (Å²) in [5.74, 6) is 0.461. The molecule has 0 saturated heterocycles. The molecule has 7 heteroatoms. The highest BCUT2D eigenvalue weighted by Gasteiger charge is 2.23. The molecule has 2 amide bonds. The standard InChI is InChI=1S/C25H22N4O3/c1-16(2)23(30)27-19-13-11-17(12-14-19)22-21(24(31)28-20-10-6-7-15-26-20)29-25(32-22)18-8-4-3-5-9-18/h3-16H,1-2H3,(H,27,30)(H,26,28,31). The molecule has 2 aromatic heterocycles. The number of carbonyl (C=O) groups is 2. The first-order valence-corrected chi connectivity index (χ1v) is 10.2. The zero-order valence-electron chi connectivity index (χ0n) is 17.7. The summed E-state index contributed by atoms with van der Waals surface area (Å²) in [6, 6.07) is 21.7. The van der Waals surface area contributed by atoms with Crippen molar-refractivity contribution in [2.24, 2.45) is 5.92 Å². The van der Waals surface area contributed by atoms with Gasteiger partial charge in [-0.2, -0.15) is 0 Å². The first-order chi connectivity index (χ1) is 15.5. The number of carbonyl (C=O) groups excluding carboxylic acids is 2. The lowest BCUT2D eigenvalue weighted by Gasteiger charge is -2.08. The number of hydrogen-bond donors (Lipinski definition) is 2. The quantitative estimate of drug-likeness (QED) is 0.439. The van der Waals surface area contributed by atoms with E-state index in [1.165, 1.54) is 0 Å². The number of nitrogens with one attached hydrogen (secondary N) is 2. The predicted octanol–water partition coefficient (Wildman–Crippen LogP) is 5.25. The summed E-state index contributed by atoms with van der Waals surface area (Å²) in [4.78, 5) is 33.6. The molecule has 0 aliphatic carbocycles.